The van der Waals surface area contributed by atoms with Crippen LogP contribution < -0.4 is 4.90 Å². The summed E-state index contributed by atoms with van der Waals surface area (Å²) in [7, 11) is 2.01. The number of carbonyl (C=O) groups is 2. The molecule has 0 atom stereocenters. The lowest BCUT2D eigenvalue weighted by Gasteiger charge is -2.26. The number of nitrogens with zero attached hydrogens (tertiary/aromatic N) is 2. The topological polar surface area (TPSA) is 49.9 Å². The molecule has 0 bridgehead atoms. The van der Waals surface area contributed by atoms with Gasteiger partial charge in [0.05, 0.1) is 0 Å². The van der Waals surface area contributed by atoms with E-state index in [1.54, 1.807) is 4.90 Å². The Labute approximate surface area is 126 Å². The van der Waals surface area contributed by atoms with Crippen LogP contribution in [-0.2, 0) is 14.3 Å². The second-order valence-electron chi connectivity index (χ2n) is 4.96. The lowest BCUT2D eigenvalue weighted by Crippen LogP contribution is -2.39. The van der Waals surface area contributed by atoms with Crippen molar-refractivity contribution < 1.29 is 14.3 Å². The molecule has 21 heavy (non-hydrogen) atoms. The van der Waals surface area contributed by atoms with Crippen molar-refractivity contribution in [1.82, 2.24) is 4.90 Å². The maximum absolute atomic E-state index is 11.9. The predicted octanol–water partition coefficient (Wildman–Crippen LogP) is 1.84. The van der Waals surface area contributed by atoms with Gasteiger partial charge in [0.2, 0.25) is 0 Å². The molecule has 1 aromatic carbocycles. The van der Waals surface area contributed by atoms with Crippen molar-refractivity contribution in [3.8, 4) is 0 Å². The van der Waals surface area contributed by atoms with Gasteiger partial charge in [-0.15, -0.1) is 0 Å². The lowest BCUT2D eigenvalue weighted by molar-refractivity contribution is -0.150. The van der Waals surface area contributed by atoms with Crippen LogP contribution in [-0.4, -0.2) is 50.1 Å². The van der Waals surface area contributed by atoms with Crippen LogP contribution in [0.5, 0.6) is 0 Å². The molecular weight excluding hydrogens is 268 g/mol. The van der Waals surface area contributed by atoms with Crippen molar-refractivity contribution in [2.45, 2.75) is 20.8 Å². The van der Waals surface area contributed by atoms with Gasteiger partial charge in [0.25, 0.3) is 5.91 Å². The van der Waals surface area contributed by atoms with Crippen molar-refractivity contribution in [3.05, 3.63) is 29.8 Å². The summed E-state index contributed by atoms with van der Waals surface area (Å²) in [6, 6.07) is 8.14. The Morgan fingerprint density at radius 2 is 1.86 bits per heavy atom. The van der Waals surface area contributed by atoms with Gasteiger partial charge in [-0.25, -0.2) is 0 Å². The van der Waals surface area contributed by atoms with E-state index < -0.39 is 5.97 Å². The molecule has 0 aliphatic heterocycles. The summed E-state index contributed by atoms with van der Waals surface area (Å²) in [5, 5.41) is 0. The molecule has 1 aromatic rings. The molecule has 0 heterocycles. The fourth-order valence-corrected chi connectivity index (χ4v) is 2.10. The molecule has 5 heteroatoms. The standard InChI is InChI=1S/C16H24N2O3/c1-5-18(16(20)12-21-14(3)19)11-10-17(4)15-9-7-6-8-13(15)2/h6-9H,5,10-12H2,1-4H3. The molecule has 0 unspecified atom stereocenters. The molecule has 0 radical (unpaired) electrons. The molecule has 5 nitrogen and oxygen atoms in total. The maximum Gasteiger partial charge on any atom is 0.303 e. The molecule has 0 saturated heterocycles. The van der Waals surface area contributed by atoms with Crippen LogP contribution in [0.2, 0.25) is 0 Å². The van der Waals surface area contributed by atoms with E-state index in [0.29, 0.717) is 13.1 Å². The maximum atomic E-state index is 11.9. The van der Waals surface area contributed by atoms with Crippen LogP contribution in [0.4, 0.5) is 5.69 Å². The van der Waals surface area contributed by atoms with Crippen LogP contribution in [0.1, 0.15) is 19.4 Å². The Morgan fingerprint density at radius 1 is 1.19 bits per heavy atom. The molecule has 0 spiro atoms. The molecule has 0 aromatic heterocycles. The molecule has 1 amide bonds. The smallest absolute Gasteiger partial charge is 0.303 e. The lowest BCUT2D eigenvalue weighted by atomic mass is 10.2. The zero-order valence-corrected chi connectivity index (χ0v) is 13.3. The SMILES string of the molecule is CCN(CCN(C)c1ccccc1C)C(=O)COC(C)=O. The first kappa shape index (κ1) is 17.0. The van der Waals surface area contributed by atoms with E-state index >= 15 is 0 Å². The van der Waals surface area contributed by atoms with Gasteiger partial charge in [-0.2, -0.15) is 0 Å². The van der Waals surface area contributed by atoms with E-state index in [4.69, 9.17) is 4.74 Å². The first-order chi connectivity index (χ1) is 9.95. The molecular formula is C16H24N2O3. The van der Waals surface area contributed by atoms with E-state index in [9.17, 15) is 9.59 Å². The first-order valence-electron chi connectivity index (χ1n) is 7.13. The number of aryl methyl sites for hydroxylation is 1. The minimum atomic E-state index is -0.434. The highest BCUT2D eigenvalue weighted by atomic mass is 16.5. The van der Waals surface area contributed by atoms with E-state index in [1.165, 1.54) is 12.5 Å². The third-order valence-corrected chi connectivity index (χ3v) is 3.37. The number of carbonyl (C=O) groups excluding carboxylic acids is 2. The van der Waals surface area contributed by atoms with Crippen molar-refractivity contribution in [3.63, 3.8) is 0 Å². The van der Waals surface area contributed by atoms with Crippen LogP contribution in [0.15, 0.2) is 24.3 Å². The van der Waals surface area contributed by atoms with Crippen LogP contribution in [0, 0.1) is 6.92 Å². The third-order valence-electron chi connectivity index (χ3n) is 3.37. The predicted molar refractivity (Wildman–Crippen MR) is 83.3 cm³/mol. The number of anilines is 1. The van der Waals surface area contributed by atoms with E-state index in [0.717, 1.165) is 12.2 Å². The summed E-state index contributed by atoms with van der Waals surface area (Å²) in [6.07, 6.45) is 0. The van der Waals surface area contributed by atoms with E-state index in [-0.39, 0.29) is 12.5 Å². The van der Waals surface area contributed by atoms with Crippen molar-refractivity contribution in [2.75, 3.05) is 38.2 Å². The monoisotopic (exact) mass is 292 g/mol. The van der Waals surface area contributed by atoms with Crippen LogP contribution in [0.3, 0.4) is 0 Å². The molecule has 0 aliphatic carbocycles. The molecule has 0 aliphatic rings. The highest BCUT2D eigenvalue weighted by Gasteiger charge is 2.14. The average molecular weight is 292 g/mol. The summed E-state index contributed by atoms with van der Waals surface area (Å²) < 4.78 is 4.75. The summed E-state index contributed by atoms with van der Waals surface area (Å²) in [5.41, 5.74) is 2.36. The number of amides is 1. The molecule has 1 rings (SSSR count). The molecule has 116 valence electrons. The summed E-state index contributed by atoms with van der Waals surface area (Å²) in [5.74, 6) is -0.595. The Hall–Kier alpha value is -2.04. The van der Waals surface area contributed by atoms with Crippen molar-refractivity contribution in [2.24, 2.45) is 0 Å². The number of para-hydroxylation sites is 1. The number of hydrogen-bond donors (Lipinski definition) is 0. The van der Waals surface area contributed by atoms with Gasteiger partial charge in [0.1, 0.15) is 0 Å². The first-order valence-corrected chi connectivity index (χ1v) is 7.13. The van der Waals surface area contributed by atoms with Gasteiger partial charge in [-0.3, -0.25) is 9.59 Å². The summed E-state index contributed by atoms with van der Waals surface area (Å²) >= 11 is 0. The second-order valence-corrected chi connectivity index (χ2v) is 4.96. The number of benzene rings is 1. The number of rotatable bonds is 7. The average Bonchev–Trinajstić information content (AvgIpc) is 2.45. The van der Waals surface area contributed by atoms with Crippen LogP contribution >= 0.6 is 0 Å². The van der Waals surface area contributed by atoms with Gasteiger partial charge in [0.15, 0.2) is 6.61 Å². The number of ether oxygens (including phenoxy) is 1. The van der Waals surface area contributed by atoms with Gasteiger partial charge in [-0.1, -0.05) is 18.2 Å². The summed E-state index contributed by atoms with van der Waals surface area (Å²) in [4.78, 5) is 26.5. The Kier molecular flexibility index (Phi) is 6.72. The van der Waals surface area contributed by atoms with Gasteiger partial charge < -0.3 is 14.5 Å². The Bertz CT molecular complexity index is 488. The van der Waals surface area contributed by atoms with Crippen LogP contribution in [0.25, 0.3) is 0 Å². The second kappa shape index (κ2) is 8.29. The third kappa shape index (κ3) is 5.45. The fourth-order valence-electron chi connectivity index (χ4n) is 2.10. The summed E-state index contributed by atoms with van der Waals surface area (Å²) in [6.45, 7) is 7.02. The molecule has 0 N–H and O–H groups in total. The zero-order chi connectivity index (χ0) is 15.8. The highest BCUT2D eigenvalue weighted by Crippen LogP contribution is 2.17. The zero-order valence-electron chi connectivity index (χ0n) is 13.3. The van der Waals surface area contributed by atoms with E-state index in [2.05, 4.69) is 24.0 Å². The number of likely N-dealkylation sites (N-methyl/N-ethyl adjacent to an activating group) is 2. The van der Waals surface area contributed by atoms with Crippen molar-refractivity contribution in [1.29, 1.82) is 0 Å². The quantitative estimate of drug-likeness (QED) is 0.720. The van der Waals surface area contributed by atoms with Gasteiger partial charge in [0, 0.05) is 39.3 Å². The minimum Gasteiger partial charge on any atom is -0.456 e. The van der Waals surface area contributed by atoms with E-state index in [1.807, 2.05) is 26.1 Å². The van der Waals surface area contributed by atoms with Gasteiger partial charge in [-0.05, 0) is 25.5 Å². The molecule has 0 saturated carbocycles. The minimum absolute atomic E-state index is 0.161. The normalized spacial score (nSPS) is 10.1. The number of esters is 1. The van der Waals surface area contributed by atoms with Crippen molar-refractivity contribution >= 4 is 17.6 Å². The largest absolute Gasteiger partial charge is 0.456 e. The molecule has 0 fully saturated rings. The Balaban J connectivity index is 2.53. The Morgan fingerprint density at radius 3 is 2.43 bits per heavy atom. The van der Waals surface area contributed by atoms with Gasteiger partial charge >= 0.3 is 5.97 Å². The number of hydrogen-bond acceptors (Lipinski definition) is 4. The highest BCUT2D eigenvalue weighted by molar-refractivity contribution is 5.80. The fraction of sp³-hybridized carbons (Fsp3) is 0.500.